The summed E-state index contributed by atoms with van der Waals surface area (Å²) in [4.78, 5) is 4.28. The second-order valence-corrected chi connectivity index (χ2v) is 5.91. The summed E-state index contributed by atoms with van der Waals surface area (Å²) in [6.07, 6.45) is 13.3. The van der Waals surface area contributed by atoms with Crippen molar-refractivity contribution in [1.29, 1.82) is 0 Å². The molecule has 0 aromatic carbocycles. The van der Waals surface area contributed by atoms with E-state index in [0.717, 1.165) is 70.3 Å². The molecule has 0 bridgehead atoms. The minimum atomic E-state index is 0.585. The van der Waals surface area contributed by atoms with E-state index >= 15 is 0 Å². The zero-order valence-corrected chi connectivity index (χ0v) is 15.9. The molecule has 0 aliphatic carbocycles. The lowest BCUT2D eigenvalue weighted by Gasteiger charge is -2.11. The molecule has 0 saturated heterocycles. The van der Waals surface area contributed by atoms with Gasteiger partial charge in [-0.1, -0.05) is 13.2 Å². The molecule has 0 amide bonds. The summed E-state index contributed by atoms with van der Waals surface area (Å²) in [5.41, 5.74) is 0. The first kappa shape index (κ1) is 21.9. The van der Waals surface area contributed by atoms with Crippen LogP contribution in [0, 0.1) is 0 Å². The average molecular weight is 363 g/mol. The molecule has 0 aliphatic heterocycles. The van der Waals surface area contributed by atoms with Gasteiger partial charge in [-0.3, -0.25) is 0 Å². The Kier molecular flexibility index (Phi) is 13.7. The Labute approximate surface area is 158 Å². The summed E-state index contributed by atoms with van der Waals surface area (Å²) >= 11 is 0. The quantitative estimate of drug-likeness (QED) is 0.262. The molecule has 0 fully saturated rings. The molecule has 0 N–H and O–H groups in total. The summed E-state index contributed by atoms with van der Waals surface area (Å²) in [6, 6.07) is 3.78. The molecule has 0 radical (unpaired) electrons. The normalized spacial score (nSPS) is 10.2. The summed E-state index contributed by atoms with van der Waals surface area (Å²) in [7, 11) is 0. The first-order chi connectivity index (χ1) is 12.9. The van der Waals surface area contributed by atoms with Gasteiger partial charge in [-0.15, -0.1) is 0 Å². The minimum Gasteiger partial charge on any atom is -0.502 e. The van der Waals surface area contributed by atoms with Crippen molar-refractivity contribution in [2.75, 3.05) is 26.4 Å². The number of nitrogens with zero attached hydrogens (tertiary/aromatic N) is 1. The smallest absolute Gasteiger partial charge is 0.256 e. The van der Waals surface area contributed by atoms with Crippen molar-refractivity contribution >= 4 is 0 Å². The number of unbranched alkanes of at least 4 members (excludes halogenated alkanes) is 6. The highest BCUT2D eigenvalue weighted by Crippen LogP contribution is 2.24. The van der Waals surface area contributed by atoms with Crippen LogP contribution in [-0.4, -0.2) is 31.4 Å². The van der Waals surface area contributed by atoms with E-state index in [2.05, 4.69) is 18.1 Å². The van der Waals surface area contributed by atoms with E-state index in [9.17, 15) is 0 Å². The maximum atomic E-state index is 5.83. The Morgan fingerprint density at radius 3 is 1.85 bits per heavy atom. The molecule has 5 heteroatoms. The molecule has 0 atom stereocenters. The number of rotatable bonds is 18. The minimum absolute atomic E-state index is 0.585. The molecule has 1 aromatic rings. The molecule has 5 nitrogen and oxygen atoms in total. The van der Waals surface area contributed by atoms with E-state index in [-0.39, 0.29) is 0 Å². The third-order valence-corrected chi connectivity index (χ3v) is 3.78. The lowest BCUT2D eigenvalue weighted by Crippen LogP contribution is -2.04. The van der Waals surface area contributed by atoms with Crippen LogP contribution in [-0.2, 0) is 9.47 Å². The fraction of sp³-hybridized carbons (Fsp3) is 0.571. The van der Waals surface area contributed by atoms with Gasteiger partial charge in [0.1, 0.15) is 0 Å². The van der Waals surface area contributed by atoms with Crippen molar-refractivity contribution in [3.63, 3.8) is 0 Å². The van der Waals surface area contributed by atoms with Gasteiger partial charge in [-0.25, -0.2) is 4.98 Å². The number of hydrogen-bond donors (Lipinski definition) is 0. The highest BCUT2D eigenvalue weighted by molar-refractivity contribution is 5.32. The highest BCUT2D eigenvalue weighted by atomic mass is 16.5. The van der Waals surface area contributed by atoms with E-state index < -0.39 is 0 Å². The van der Waals surface area contributed by atoms with Crippen molar-refractivity contribution in [2.24, 2.45) is 0 Å². The first-order valence-corrected chi connectivity index (χ1v) is 9.54. The van der Waals surface area contributed by atoms with Crippen LogP contribution in [0.3, 0.4) is 0 Å². The zero-order valence-electron chi connectivity index (χ0n) is 15.9. The topological polar surface area (TPSA) is 49.8 Å². The fourth-order valence-corrected chi connectivity index (χ4v) is 2.39. The number of pyridine rings is 1. The first-order valence-electron chi connectivity index (χ1n) is 9.54. The second kappa shape index (κ2) is 16.3. The summed E-state index contributed by atoms with van der Waals surface area (Å²) in [6.45, 7) is 9.86. The van der Waals surface area contributed by atoms with Gasteiger partial charge in [-0.2, -0.15) is 0 Å². The van der Waals surface area contributed by atoms with Gasteiger partial charge in [0.2, 0.25) is 0 Å². The molecular formula is C21H33NO4. The van der Waals surface area contributed by atoms with E-state index in [1.165, 1.54) is 12.5 Å². The van der Waals surface area contributed by atoms with Crippen LogP contribution in [0.15, 0.2) is 44.0 Å². The van der Waals surface area contributed by atoms with Gasteiger partial charge >= 0.3 is 0 Å². The van der Waals surface area contributed by atoms with Gasteiger partial charge in [-0.05, 0) is 63.5 Å². The second-order valence-electron chi connectivity index (χ2n) is 5.91. The predicted octanol–water partition coefficient (Wildman–Crippen LogP) is 5.28. The number of aromatic nitrogens is 1. The Morgan fingerprint density at radius 1 is 0.731 bits per heavy atom. The monoisotopic (exact) mass is 363 g/mol. The molecule has 1 rings (SSSR count). The lowest BCUT2D eigenvalue weighted by atomic mass is 10.2. The van der Waals surface area contributed by atoms with E-state index in [4.69, 9.17) is 18.9 Å². The van der Waals surface area contributed by atoms with Crippen LogP contribution in [0.1, 0.15) is 51.4 Å². The van der Waals surface area contributed by atoms with Crippen molar-refractivity contribution < 1.29 is 18.9 Å². The third-order valence-electron chi connectivity index (χ3n) is 3.78. The zero-order chi connectivity index (χ0) is 18.7. The van der Waals surface area contributed by atoms with Crippen molar-refractivity contribution in [3.8, 4) is 11.6 Å². The fourth-order valence-electron chi connectivity index (χ4n) is 2.39. The van der Waals surface area contributed by atoms with Crippen LogP contribution in [0.25, 0.3) is 0 Å². The average Bonchev–Trinajstić information content (AvgIpc) is 2.67. The third kappa shape index (κ3) is 11.4. The standard InChI is InChI=1S/C21H33NO4/c1-3-23-16-9-5-7-11-18-25-20-14-13-15-22-21(20)26-19-12-8-6-10-17-24-4-2/h3-4,13-15H,1-2,5-12,16-19H2. The molecular weight excluding hydrogens is 330 g/mol. The molecule has 1 aromatic heterocycles. The molecule has 1 heterocycles. The molecule has 0 saturated carbocycles. The van der Waals surface area contributed by atoms with E-state index in [1.54, 1.807) is 6.20 Å². The van der Waals surface area contributed by atoms with Crippen LogP contribution >= 0.6 is 0 Å². The maximum absolute atomic E-state index is 5.83. The van der Waals surface area contributed by atoms with Crippen molar-refractivity contribution in [1.82, 2.24) is 4.98 Å². The van der Waals surface area contributed by atoms with Gasteiger partial charge in [0.05, 0.1) is 39.0 Å². The molecule has 0 unspecified atom stereocenters. The number of hydrogen-bond acceptors (Lipinski definition) is 5. The Morgan fingerprint density at radius 2 is 1.27 bits per heavy atom. The maximum Gasteiger partial charge on any atom is 0.256 e. The van der Waals surface area contributed by atoms with Crippen LogP contribution < -0.4 is 9.47 Å². The van der Waals surface area contributed by atoms with Crippen LogP contribution in [0.4, 0.5) is 0 Å². The van der Waals surface area contributed by atoms with Crippen molar-refractivity contribution in [2.45, 2.75) is 51.4 Å². The Hall–Kier alpha value is -2.17. The molecule has 146 valence electrons. The van der Waals surface area contributed by atoms with Crippen LogP contribution in [0.5, 0.6) is 11.6 Å². The molecule has 26 heavy (non-hydrogen) atoms. The van der Waals surface area contributed by atoms with E-state index in [0.29, 0.717) is 19.1 Å². The van der Waals surface area contributed by atoms with Gasteiger partial charge < -0.3 is 18.9 Å². The SMILES string of the molecule is C=COCCCCCCOc1cccnc1OCCCCCCOC=C. The summed E-state index contributed by atoms with van der Waals surface area (Å²) in [5.74, 6) is 1.31. The largest absolute Gasteiger partial charge is 0.502 e. The van der Waals surface area contributed by atoms with E-state index in [1.807, 2.05) is 12.1 Å². The summed E-state index contributed by atoms with van der Waals surface area (Å²) in [5, 5.41) is 0. The lowest BCUT2D eigenvalue weighted by molar-refractivity contribution is 0.231. The number of ether oxygens (including phenoxy) is 4. The Balaban J connectivity index is 2.11. The van der Waals surface area contributed by atoms with Crippen LogP contribution in [0.2, 0.25) is 0 Å². The van der Waals surface area contributed by atoms with Gasteiger partial charge in [0, 0.05) is 6.20 Å². The highest BCUT2D eigenvalue weighted by Gasteiger charge is 2.05. The predicted molar refractivity (Wildman–Crippen MR) is 104 cm³/mol. The summed E-state index contributed by atoms with van der Waals surface area (Å²) < 4.78 is 21.8. The van der Waals surface area contributed by atoms with Gasteiger partial charge in [0.15, 0.2) is 5.75 Å². The molecule has 0 spiro atoms. The van der Waals surface area contributed by atoms with Gasteiger partial charge in [0.25, 0.3) is 5.88 Å². The Bertz CT molecular complexity index is 436. The van der Waals surface area contributed by atoms with Crippen molar-refractivity contribution in [3.05, 3.63) is 44.0 Å². The molecule has 0 aliphatic rings.